The summed E-state index contributed by atoms with van der Waals surface area (Å²) in [5, 5.41) is 0. The van der Waals surface area contributed by atoms with Crippen LogP contribution in [0.3, 0.4) is 0 Å². The monoisotopic (exact) mass is 213 g/mol. The molecule has 0 atom stereocenters. The van der Waals surface area contributed by atoms with Crippen molar-refractivity contribution in [3.05, 3.63) is 0 Å². The van der Waals surface area contributed by atoms with Gasteiger partial charge in [0.05, 0.1) is 5.41 Å². The van der Waals surface area contributed by atoms with Crippen LogP contribution in [0.5, 0.6) is 0 Å². The molecule has 88 valence electrons. The van der Waals surface area contributed by atoms with Gasteiger partial charge in [0.1, 0.15) is 6.10 Å². The fraction of sp³-hybridized carbons (Fsp3) is 0.917. The average molecular weight is 213 g/mol. The maximum atomic E-state index is 11.8. The molecule has 0 saturated carbocycles. The van der Waals surface area contributed by atoms with E-state index in [2.05, 4.69) is 11.9 Å². The maximum Gasteiger partial charge on any atom is 0.311 e. The second-order valence-electron chi connectivity index (χ2n) is 5.15. The maximum absolute atomic E-state index is 11.8. The molecule has 0 spiro atoms. The van der Waals surface area contributed by atoms with Crippen molar-refractivity contribution in [2.75, 3.05) is 20.1 Å². The number of piperidine rings is 1. The summed E-state index contributed by atoms with van der Waals surface area (Å²) in [6, 6.07) is 0. The molecule has 15 heavy (non-hydrogen) atoms. The van der Waals surface area contributed by atoms with Crippen LogP contribution >= 0.6 is 0 Å². The van der Waals surface area contributed by atoms with Crippen molar-refractivity contribution in [3.63, 3.8) is 0 Å². The molecule has 0 unspecified atom stereocenters. The van der Waals surface area contributed by atoms with Crippen LogP contribution in [-0.4, -0.2) is 37.1 Å². The molecule has 3 heteroatoms. The highest BCUT2D eigenvalue weighted by Gasteiger charge is 2.30. The Kier molecular flexibility index (Phi) is 4.14. The first-order chi connectivity index (χ1) is 6.95. The largest absolute Gasteiger partial charge is 0.462 e. The standard InChI is InChI=1S/C12H23NO2/c1-5-12(2,3)11(14)15-10-6-8-13(4)9-7-10/h10H,5-9H2,1-4H3. The molecule has 0 aliphatic carbocycles. The topological polar surface area (TPSA) is 29.5 Å². The molecular formula is C12H23NO2. The summed E-state index contributed by atoms with van der Waals surface area (Å²) in [6.45, 7) is 7.99. The number of nitrogens with zero attached hydrogens (tertiary/aromatic N) is 1. The first-order valence-corrected chi connectivity index (χ1v) is 5.85. The number of carbonyl (C=O) groups excluding carboxylic acids is 1. The average Bonchev–Trinajstić information content (AvgIpc) is 2.21. The molecule has 1 saturated heterocycles. The Bertz CT molecular complexity index is 218. The van der Waals surface area contributed by atoms with Crippen LogP contribution < -0.4 is 0 Å². The number of likely N-dealkylation sites (tertiary alicyclic amines) is 1. The van der Waals surface area contributed by atoms with Crippen molar-refractivity contribution in [1.82, 2.24) is 4.90 Å². The van der Waals surface area contributed by atoms with Crippen LogP contribution in [0, 0.1) is 5.41 Å². The van der Waals surface area contributed by atoms with Gasteiger partial charge < -0.3 is 9.64 Å². The van der Waals surface area contributed by atoms with Gasteiger partial charge in [-0.2, -0.15) is 0 Å². The van der Waals surface area contributed by atoms with E-state index in [9.17, 15) is 4.79 Å². The van der Waals surface area contributed by atoms with Gasteiger partial charge in [0, 0.05) is 13.1 Å². The molecule has 1 aliphatic heterocycles. The normalized spacial score (nSPS) is 20.3. The number of hydrogen-bond acceptors (Lipinski definition) is 3. The number of ether oxygens (including phenoxy) is 1. The van der Waals surface area contributed by atoms with Crippen molar-refractivity contribution in [2.45, 2.75) is 46.1 Å². The van der Waals surface area contributed by atoms with Crippen molar-refractivity contribution in [1.29, 1.82) is 0 Å². The van der Waals surface area contributed by atoms with Gasteiger partial charge in [0.25, 0.3) is 0 Å². The van der Waals surface area contributed by atoms with Crippen LogP contribution in [0.15, 0.2) is 0 Å². The van der Waals surface area contributed by atoms with Gasteiger partial charge in [0.2, 0.25) is 0 Å². The smallest absolute Gasteiger partial charge is 0.311 e. The highest BCUT2D eigenvalue weighted by Crippen LogP contribution is 2.24. The fourth-order valence-electron chi connectivity index (χ4n) is 1.56. The molecule has 1 rings (SSSR count). The number of hydrogen-bond donors (Lipinski definition) is 0. The predicted molar refractivity (Wildman–Crippen MR) is 60.7 cm³/mol. The van der Waals surface area contributed by atoms with Gasteiger partial charge in [-0.3, -0.25) is 4.79 Å². The zero-order valence-corrected chi connectivity index (χ0v) is 10.4. The van der Waals surface area contributed by atoms with Crippen LogP contribution in [-0.2, 0) is 9.53 Å². The number of esters is 1. The Balaban J connectivity index is 2.39. The Hall–Kier alpha value is -0.570. The third-order valence-corrected chi connectivity index (χ3v) is 3.38. The summed E-state index contributed by atoms with van der Waals surface area (Å²) >= 11 is 0. The van der Waals surface area contributed by atoms with E-state index in [1.165, 1.54) is 0 Å². The van der Waals surface area contributed by atoms with Crippen molar-refractivity contribution < 1.29 is 9.53 Å². The van der Waals surface area contributed by atoms with Gasteiger partial charge in [-0.15, -0.1) is 0 Å². The van der Waals surface area contributed by atoms with Gasteiger partial charge in [0.15, 0.2) is 0 Å². The molecule has 0 radical (unpaired) electrons. The second-order valence-corrected chi connectivity index (χ2v) is 5.15. The molecular weight excluding hydrogens is 190 g/mol. The molecule has 0 aromatic heterocycles. The van der Waals surface area contributed by atoms with E-state index in [4.69, 9.17) is 4.74 Å². The second kappa shape index (κ2) is 4.97. The molecule has 0 aromatic carbocycles. The minimum Gasteiger partial charge on any atom is -0.462 e. The van der Waals surface area contributed by atoms with Gasteiger partial charge >= 0.3 is 5.97 Å². The summed E-state index contributed by atoms with van der Waals surface area (Å²) in [7, 11) is 2.11. The summed E-state index contributed by atoms with van der Waals surface area (Å²) in [5.41, 5.74) is -0.330. The van der Waals surface area contributed by atoms with Crippen molar-refractivity contribution >= 4 is 5.97 Å². The molecule has 3 nitrogen and oxygen atoms in total. The van der Waals surface area contributed by atoms with Gasteiger partial charge in [-0.05, 0) is 40.2 Å². The van der Waals surface area contributed by atoms with E-state index < -0.39 is 0 Å². The van der Waals surface area contributed by atoms with Crippen LogP contribution in [0.25, 0.3) is 0 Å². The number of rotatable bonds is 3. The van der Waals surface area contributed by atoms with Crippen LogP contribution in [0.1, 0.15) is 40.0 Å². The van der Waals surface area contributed by atoms with Crippen molar-refractivity contribution in [3.8, 4) is 0 Å². The van der Waals surface area contributed by atoms with E-state index in [0.29, 0.717) is 0 Å². The first-order valence-electron chi connectivity index (χ1n) is 5.85. The molecule has 1 heterocycles. The molecule has 0 aromatic rings. The van der Waals surface area contributed by atoms with Crippen LogP contribution in [0.2, 0.25) is 0 Å². The summed E-state index contributed by atoms with van der Waals surface area (Å²) in [5.74, 6) is -0.0421. The summed E-state index contributed by atoms with van der Waals surface area (Å²) < 4.78 is 5.53. The molecule has 1 fully saturated rings. The highest BCUT2D eigenvalue weighted by atomic mass is 16.5. The lowest BCUT2D eigenvalue weighted by Crippen LogP contribution is -2.38. The van der Waals surface area contributed by atoms with Crippen LogP contribution in [0.4, 0.5) is 0 Å². The fourth-order valence-corrected chi connectivity index (χ4v) is 1.56. The van der Waals surface area contributed by atoms with E-state index in [1.807, 2.05) is 20.8 Å². The quantitative estimate of drug-likeness (QED) is 0.672. The lowest BCUT2D eigenvalue weighted by atomic mass is 9.90. The minimum absolute atomic E-state index is 0.0421. The first kappa shape index (κ1) is 12.5. The van der Waals surface area contributed by atoms with Gasteiger partial charge in [-0.1, -0.05) is 6.92 Å². The van der Waals surface area contributed by atoms with E-state index in [1.54, 1.807) is 0 Å². The predicted octanol–water partition coefficient (Wildman–Crippen LogP) is 2.06. The Labute approximate surface area is 92.8 Å². The van der Waals surface area contributed by atoms with Crippen molar-refractivity contribution in [2.24, 2.45) is 5.41 Å². The zero-order valence-electron chi connectivity index (χ0n) is 10.4. The van der Waals surface area contributed by atoms with E-state index in [0.717, 1.165) is 32.4 Å². The Morgan fingerprint density at radius 3 is 2.40 bits per heavy atom. The van der Waals surface area contributed by atoms with E-state index in [-0.39, 0.29) is 17.5 Å². The lowest BCUT2D eigenvalue weighted by Gasteiger charge is -2.31. The van der Waals surface area contributed by atoms with E-state index >= 15 is 0 Å². The summed E-state index contributed by atoms with van der Waals surface area (Å²) in [6.07, 6.45) is 2.92. The Morgan fingerprint density at radius 2 is 1.93 bits per heavy atom. The molecule has 0 amide bonds. The summed E-state index contributed by atoms with van der Waals surface area (Å²) in [4.78, 5) is 14.1. The number of carbonyl (C=O) groups is 1. The van der Waals surface area contributed by atoms with Gasteiger partial charge in [-0.25, -0.2) is 0 Å². The third kappa shape index (κ3) is 3.49. The molecule has 0 bridgehead atoms. The zero-order chi connectivity index (χ0) is 11.5. The highest BCUT2D eigenvalue weighted by molar-refractivity contribution is 5.75. The third-order valence-electron chi connectivity index (χ3n) is 3.38. The minimum atomic E-state index is -0.330. The lowest BCUT2D eigenvalue weighted by molar-refractivity contribution is -0.161. The Morgan fingerprint density at radius 1 is 1.40 bits per heavy atom. The molecule has 0 N–H and O–H groups in total. The molecule has 1 aliphatic rings. The SMILES string of the molecule is CCC(C)(C)C(=O)OC1CCN(C)CC1.